The second kappa shape index (κ2) is 5.10. The maximum absolute atomic E-state index is 12.0. The summed E-state index contributed by atoms with van der Waals surface area (Å²) in [4.78, 5) is 16.1. The molecule has 18 heavy (non-hydrogen) atoms. The number of aromatic nitrogens is 1. The molecule has 2 N–H and O–H groups in total. The molecule has 0 saturated carbocycles. The van der Waals surface area contributed by atoms with Crippen LogP contribution in [0, 0.1) is 19.3 Å². The Bertz CT molecular complexity index is 433. The highest BCUT2D eigenvalue weighted by molar-refractivity contribution is 5.92. The second-order valence-electron chi connectivity index (χ2n) is 5.42. The monoisotopic (exact) mass is 251 g/mol. The van der Waals surface area contributed by atoms with Gasteiger partial charge in [0.25, 0.3) is 5.91 Å². The van der Waals surface area contributed by atoms with Gasteiger partial charge in [-0.15, -0.1) is 0 Å². The average Bonchev–Trinajstić information content (AvgIpc) is 2.67. The molecule has 1 saturated heterocycles. The number of aryl methyl sites for hydroxylation is 2. The normalized spacial score (nSPS) is 23.9. The minimum absolute atomic E-state index is 0.136. The number of carbonyl (C=O) groups excluding carboxylic acids is 1. The fourth-order valence-corrected chi connectivity index (χ4v) is 2.39. The Morgan fingerprint density at radius 2 is 2.33 bits per heavy atom. The van der Waals surface area contributed by atoms with Gasteiger partial charge in [0.15, 0.2) is 5.89 Å². The van der Waals surface area contributed by atoms with E-state index in [1.807, 2.05) is 0 Å². The lowest BCUT2D eigenvalue weighted by molar-refractivity contribution is 0.0894. The Morgan fingerprint density at radius 3 is 2.89 bits per heavy atom. The third-order valence-electron chi connectivity index (χ3n) is 3.47. The summed E-state index contributed by atoms with van der Waals surface area (Å²) in [6.45, 7) is 8.41. The Balaban J connectivity index is 1.94. The number of rotatable bonds is 3. The highest BCUT2D eigenvalue weighted by Gasteiger charge is 2.28. The lowest BCUT2D eigenvalue weighted by atomic mass is 9.83. The van der Waals surface area contributed by atoms with E-state index in [1.165, 1.54) is 0 Å². The quantitative estimate of drug-likeness (QED) is 0.852. The molecule has 5 nitrogen and oxygen atoms in total. The summed E-state index contributed by atoms with van der Waals surface area (Å²) in [5.41, 5.74) is 0.786. The van der Waals surface area contributed by atoms with Gasteiger partial charge < -0.3 is 15.1 Å². The molecule has 5 heteroatoms. The van der Waals surface area contributed by atoms with E-state index in [4.69, 9.17) is 4.42 Å². The Labute approximate surface area is 107 Å². The molecule has 0 spiro atoms. The number of carbonyl (C=O) groups is 1. The van der Waals surface area contributed by atoms with Gasteiger partial charge in [0.05, 0.1) is 5.69 Å². The summed E-state index contributed by atoms with van der Waals surface area (Å²) in [6.07, 6.45) is 2.29. The lowest BCUT2D eigenvalue weighted by Gasteiger charge is -2.34. The molecule has 0 bridgehead atoms. The van der Waals surface area contributed by atoms with Crippen LogP contribution in [0.4, 0.5) is 0 Å². The van der Waals surface area contributed by atoms with E-state index in [-0.39, 0.29) is 11.3 Å². The zero-order valence-electron chi connectivity index (χ0n) is 11.3. The number of amides is 1. The van der Waals surface area contributed by atoms with Gasteiger partial charge in [0.2, 0.25) is 5.76 Å². The van der Waals surface area contributed by atoms with Crippen LogP contribution >= 0.6 is 0 Å². The van der Waals surface area contributed by atoms with Gasteiger partial charge in [0.1, 0.15) is 0 Å². The Hall–Kier alpha value is -1.36. The van der Waals surface area contributed by atoms with Gasteiger partial charge in [-0.05, 0) is 31.7 Å². The van der Waals surface area contributed by atoms with E-state index < -0.39 is 0 Å². The van der Waals surface area contributed by atoms with Crippen molar-refractivity contribution in [2.24, 2.45) is 5.41 Å². The first-order valence-corrected chi connectivity index (χ1v) is 6.43. The van der Waals surface area contributed by atoms with E-state index in [1.54, 1.807) is 13.8 Å². The molecule has 1 aromatic heterocycles. The van der Waals surface area contributed by atoms with Crippen molar-refractivity contribution in [2.45, 2.75) is 33.6 Å². The van der Waals surface area contributed by atoms with E-state index in [0.717, 1.165) is 25.9 Å². The highest BCUT2D eigenvalue weighted by atomic mass is 16.4. The molecule has 0 aliphatic carbocycles. The third-order valence-corrected chi connectivity index (χ3v) is 3.47. The predicted octanol–water partition coefficient (Wildman–Crippen LogP) is 1.41. The van der Waals surface area contributed by atoms with Crippen molar-refractivity contribution in [3.05, 3.63) is 17.3 Å². The molecule has 1 fully saturated rings. The van der Waals surface area contributed by atoms with Crippen LogP contribution in [-0.4, -0.2) is 30.5 Å². The van der Waals surface area contributed by atoms with E-state index >= 15 is 0 Å². The lowest BCUT2D eigenvalue weighted by Crippen LogP contribution is -2.45. The molecule has 1 aliphatic heterocycles. The number of hydrogen-bond donors (Lipinski definition) is 2. The van der Waals surface area contributed by atoms with Crippen LogP contribution in [0.15, 0.2) is 4.42 Å². The molecule has 0 radical (unpaired) electrons. The summed E-state index contributed by atoms with van der Waals surface area (Å²) >= 11 is 0. The number of hydrogen-bond acceptors (Lipinski definition) is 4. The van der Waals surface area contributed by atoms with E-state index in [2.05, 4.69) is 22.5 Å². The molecule has 1 amide bonds. The van der Waals surface area contributed by atoms with Gasteiger partial charge >= 0.3 is 0 Å². The summed E-state index contributed by atoms with van der Waals surface area (Å²) < 4.78 is 5.31. The van der Waals surface area contributed by atoms with Crippen molar-refractivity contribution in [1.29, 1.82) is 0 Å². The fourth-order valence-electron chi connectivity index (χ4n) is 2.39. The number of piperidine rings is 1. The Morgan fingerprint density at radius 1 is 1.56 bits per heavy atom. The van der Waals surface area contributed by atoms with Gasteiger partial charge in [-0.2, -0.15) is 0 Å². The molecule has 0 aromatic carbocycles. The van der Waals surface area contributed by atoms with Crippen LogP contribution in [0.1, 0.15) is 41.9 Å². The second-order valence-corrected chi connectivity index (χ2v) is 5.42. The van der Waals surface area contributed by atoms with Gasteiger partial charge in [-0.3, -0.25) is 4.79 Å². The summed E-state index contributed by atoms with van der Waals surface area (Å²) in [5.74, 6) is 0.697. The van der Waals surface area contributed by atoms with Crippen LogP contribution < -0.4 is 10.6 Å². The first-order chi connectivity index (χ1) is 8.50. The molecule has 1 atom stereocenters. The average molecular weight is 251 g/mol. The summed E-state index contributed by atoms with van der Waals surface area (Å²) in [7, 11) is 0. The summed E-state index contributed by atoms with van der Waals surface area (Å²) in [5, 5.41) is 6.32. The van der Waals surface area contributed by atoms with Crippen LogP contribution in [0.5, 0.6) is 0 Å². The van der Waals surface area contributed by atoms with E-state index in [9.17, 15) is 4.79 Å². The molecular weight excluding hydrogens is 230 g/mol. The molecule has 1 aromatic rings. The van der Waals surface area contributed by atoms with Crippen LogP contribution in [0.2, 0.25) is 0 Å². The molecular formula is C13H21N3O2. The maximum Gasteiger partial charge on any atom is 0.289 e. The molecule has 2 rings (SSSR count). The van der Waals surface area contributed by atoms with Crippen LogP contribution in [-0.2, 0) is 0 Å². The smallest absolute Gasteiger partial charge is 0.289 e. The summed E-state index contributed by atoms with van der Waals surface area (Å²) in [6, 6.07) is 0. The maximum atomic E-state index is 12.0. The van der Waals surface area contributed by atoms with Gasteiger partial charge in [-0.1, -0.05) is 6.92 Å². The minimum atomic E-state index is -0.167. The van der Waals surface area contributed by atoms with Crippen molar-refractivity contribution in [2.75, 3.05) is 19.6 Å². The van der Waals surface area contributed by atoms with E-state index in [0.29, 0.717) is 23.9 Å². The van der Waals surface area contributed by atoms with Gasteiger partial charge in [-0.25, -0.2) is 4.98 Å². The van der Waals surface area contributed by atoms with Crippen molar-refractivity contribution in [1.82, 2.24) is 15.6 Å². The van der Waals surface area contributed by atoms with Crippen LogP contribution in [0.3, 0.4) is 0 Å². The molecule has 2 heterocycles. The molecule has 100 valence electrons. The SMILES string of the molecule is Cc1nc(C)c(C(=O)NCC2(C)CCCNC2)o1. The van der Waals surface area contributed by atoms with Crippen LogP contribution in [0.25, 0.3) is 0 Å². The fraction of sp³-hybridized carbons (Fsp3) is 0.692. The van der Waals surface area contributed by atoms with Crippen molar-refractivity contribution in [3.63, 3.8) is 0 Å². The molecule has 1 aliphatic rings. The van der Waals surface area contributed by atoms with Crippen molar-refractivity contribution in [3.8, 4) is 0 Å². The molecule has 1 unspecified atom stereocenters. The predicted molar refractivity (Wildman–Crippen MR) is 68.5 cm³/mol. The third kappa shape index (κ3) is 2.90. The first-order valence-electron chi connectivity index (χ1n) is 6.43. The minimum Gasteiger partial charge on any atom is -0.436 e. The number of nitrogens with zero attached hydrogens (tertiary/aromatic N) is 1. The van der Waals surface area contributed by atoms with Gasteiger partial charge in [0, 0.05) is 20.0 Å². The van der Waals surface area contributed by atoms with Crippen molar-refractivity contribution >= 4 is 5.91 Å². The zero-order chi connectivity index (χ0) is 13.2. The van der Waals surface area contributed by atoms with Crippen molar-refractivity contribution < 1.29 is 9.21 Å². The largest absolute Gasteiger partial charge is 0.436 e. The number of oxazole rings is 1. The number of nitrogens with one attached hydrogen (secondary N) is 2. The topological polar surface area (TPSA) is 67.2 Å². The first kappa shape index (κ1) is 13.1. The zero-order valence-corrected chi connectivity index (χ0v) is 11.3. The highest BCUT2D eigenvalue weighted by Crippen LogP contribution is 2.24. The Kier molecular flexibility index (Phi) is 3.71. The standard InChI is InChI=1S/C13H21N3O2/c1-9-11(18-10(2)16-9)12(17)15-8-13(3)5-4-6-14-7-13/h14H,4-8H2,1-3H3,(H,15,17).